The number of anilines is 2. The number of halogens is 2. The van der Waals surface area contributed by atoms with Gasteiger partial charge >= 0.3 is 5.97 Å². The summed E-state index contributed by atoms with van der Waals surface area (Å²) >= 11 is 5.86. The Kier molecular flexibility index (Phi) is 6.16. The molecule has 7 nitrogen and oxygen atoms in total. The number of hydrogen-bond donors (Lipinski definition) is 1. The van der Waals surface area contributed by atoms with Gasteiger partial charge in [-0.1, -0.05) is 31.5 Å². The number of rotatable bonds is 4. The van der Waals surface area contributed by atoms with Crippen LogP contribution in [0.4, 0.5) is 15.8 Å². The fraction of sp³-hybridized carbons (Fsp3) is 0.333. The number of aromatic nitrogens is 2. The molecule has 1 N–H and O–H groups in total. The molecule has 0 spiro atoms. The third kappa shape index (κ3) is 4.30. The number of fused-ring (bicyclic) bond motifs is 1. The second kappa shape index (κ2) is 9.17. The summed E-state index contributed by atoms with van der Waals surface area (Å²) < 4.78 is 14.1. The fourth-order valence-corrected chi connectivity index (χ4v) is 5.34. The summed E-state index contributed by atoms with van der Waals surface area (Å²) in [7, 11) is 0. The van der Waals surface area contributed by atoms with Crippen LogP contribution in [0.1, 0.15) is 48.1 Å². The molecule has 1 saturated heterocycles. The zero-order chi connectivity index (χ0) is 25.6. The van der Waals surface area contributed by atoms with E-state index in [1.54, 1.807) is 29.3 Å². The maximum absolute atomic E-state index is 14.1. The van der Waals surface area contributed by atoms with E-state index < -0.39 is 23.1 Å². The fourth-order valence-electron chi connectivity index (χ4n) is 5.22. The molecular weight excluding hydrogens is 483 g/mol. The van der Waals surface area contributed by atoms with Crippen LogP contribution in [0.15, 0.2) is 54.7 Å². The largest absolute Gasteiger partial charge is 0.481 e. The normalized spacial score (nSPS) is 20.8. The maximum atomic E-state index is 14.1. The smallest absolute Gasteiger partial charge is 0.308 e. The van der Waals surface area contributed by atoms with Crippen LogP contribution in [0, 0.1) is 11.7 Å². The summed E-state index contributed by atoms with van der Waals surface area (Å²) in [5, 5.41) is 9.95. The standard InChI is InChI=1S/C27H26ClFN4O3/c1-27(2)15-33(16-6-7-19(28)20(29)13-16)23-9-8-22(31-24(23)27)25(34)32-12-10-17(18(14-32)26(35)36)21-5-3-4-11-30-21/h3-9,11,13,17-18H,10,12,14-15H2,1-2H3,(H,35,36)/t17-,18?/m1/s1. The van der Waals surface area contributed by atoms with E-state index in [1.807, 2.05) is 36.9 Å². The minimum Gasteiger partial charge on any atom is -0.481 e. The Morgan fingerprint density at radius 2 is 1.97 bits per heavy atom. The Hall–Kier alpha value is -3.52. The lowest BCUT2D eigenvalue weighted by Crippen LogP contribution is -2.46. The van der Waals surface area contributed by atoms with Crippen LogP contribution in [0.25, 0.3) is 0 Å². The average Bonchev–Trinajstić information content (AvgIpc) is 3.15. The van der Waals surface area contributed by atoms with Gasteiger partial charge < -0.3 is 14.9 Å². The molecule has 2 aliphatic heterocycles. The van der Waals surface area contributed by atoms with Crippen molar-refractivity contribution < 1.29 is 19.1 Å². The number of piperidine rings is 1. The highest BCUT2D eigenvalue weighted by molar-refractivity contribution is 6.30. The molecule has 0 saturated carbocycles. The molecule has 5 rings (SSSR count). The van der Waals surface area contributed by atoms with E-state index in [1.165, 1.54) is 12.1 Å². The van der Waals surface area contributed by atoms with E-state index >= 15 is 0 Å². The Labute approximate surface area is 213 Å². The number of pyridine rings is 2. The van der Waals surface area contributed by atoms with E-state index in [-0.39, 0.29) is 29.1 Å². The third-order valence-electron chi connectivity index (χ3n) is 7.08. The molecule has 1 fully saturated rings. The molecule has 0 radical (unpaired) electrons. The summed E-state index contributed by atoms with van der Waals surface area (Å²) in [4.78, 5) is 38.1. The van der Waals surface area contributed by atoms with Gasteiger partial charge in [-0.15, -0.1) is 0 Å². The van der Waals surface area contributed by atoms with Crippen molar-refractivity contribution in [1.82, 2.24) is 14.9 Å². The minimum absolute atomic E-state index is 0.0583. The highest BCUT2D eigenvalue weighted by Crippen LogP contribution is 2.44. The zero-order valence-corrected chi connectivity index (χ0v) is 20.7. The predicted octanol–water partition coefficient (Wildman–Crippen LogP) is 5.03. The van der Waals surface area contributed by atoms with Crippen molar-refractivity contribution in [2.45, 2.75) is 31.6 Å². The van der Waals surface area contributed by atoms with Gasteiger partial charge in [-0.05, 0) is 48.9 Å². The Morgan fingerprint density at radius 3 is 2.67 bits per heavy atom. The highest BCUT2D eigenvalue weighted by atomic mass is 35.5. The van der Waals surface area contributed by atoms with E-state index in [0.29, 0.717) is 25.2 Å². The number of carbonyl (C=O) groups is 2. The highest BCUT2D eigenvalue weighted by Gasteiger charge is 2.40. The van der Waals surface area contributed by atoms with Crippen molar-refractivity contribution in [3.05, 3.63) is 82.6 Å². The Bertz CT molecular complexity index is 1330. The van der Waals surface area contributed by atoms with Crippen LogP contribution in [-0.4, -0.2) is 51.5 Å². The van der Waals surface area contributed by atoms with Crippen LogP contribution in [-0.2, 0) is 10.2 Å². The molecule has 3 aromatic rings. The Morgan fingerprint density at radius 1 is 1.17 bits per heavy atom. The molecule has 186 valence electrons. The number of nitrogens with zero attached hydrogens (tertiary/aromatic N) is 4. The van der Waals surface area contributed by atoms with Crippen LogP contribution in [0.3, 0.4) is 0 Å². The molecule has 1 amide bonds. The topological polar surface area (TPSA) is 86.6 Å². The van der Waals surface area contributed by atoms with Gasteiger partial charge in [-0.25, -0.2) is 9.37 Å². The van der Waals surface area contributed by atoms with Gasteiger partial charge in [0.2, 0.25) is 0 Å². The summed E-state index contributed by atoms with van der Waals surface area (Å²) in [5.41, 5.74) is 2.81. The van der Waals surface area contributed by atoms with Crippen molar-refractivity contribution in [3.63, 3.8) is 0 Å². The number of carbonyl (C=O) groups excluding carboxylic acids is 1. The number of aliphatic carboxylic acids is 1. The van der Waals surface area contributed by atoms with Gasteiger partial charge in [-0.2, -0.15) is 0 Å². The van der Waals surface area contributed by atoms with Crippen molar-refractivity contribution >= 4 is 34.9 Å². The van der Waals surface area contributed by atoms with Crippen molar-refractivity contribution in [3.8, 4) is 0 Å². The van der Waals surface area contributed by atoms with Gasteiger partial charge in [0.1, 0.15) is 11.5 Å². The molecule has 0 aliphatic carbocycles. The number of carboxylic acids is 1. The molecule has 0 bridgehead atoms. The number of benzene rings is 1. The lowest BCUT2D eigenvalue weighted by molar-refractivity contribution is -0.144. The van der Waals surface area contributed by atoms with Crippen molar-refractivity contribution in [1.29, 1.82) is 0 Å². The average molecular weight is 509 g/mol. The second-order valence-electron chi connectivity index (χ2n) is 9.98. The van der Waals surface area contributed by atoms with Gasteiger partial charge in [0.25, 0.3) is 5.91 Å². The molecule has 2 aromatic heterocycles. The maximum Gasteiger partial charge on any atom is 0.308 e. The molecular formula is C27H26ClFN4O3. The van der Waals surface area contributed by atoms with Crippen molar-refractivity contribution in [2.75, 3.05) is 24.5 Å². The van der Waals surface area contributed by atoms with E-state index in [2.05, 4.69) is 4.98 Å². The van der Waals surface area contributed by atoms with Gasteiger partial charge in [-0.3, -0.25) is 14.6 Å². The van der Waals surface area contributed by atoms with Crippen molar-refractivity contribution in [2.24, 2.45) is 5.92 Å². The molecule has 36 heavy (non-hydrogen) atoms. The first-order chi connectivity index (χ1) is 17.2. The number of carboxylic acid groups (broad SMARTS) is 1. The first-order valence-corrected chi connectivity index (χ1v) is 12.2. The van der Waals surface area contributed by atoms with E-state index in [9.17, 15) is 19.1 Å². The third-order valence-corrected chi connectivity index (χ3v) is 7.38. The number of hydrogen-bond acceptors (Lipinski definition) is 5. The summed E-state index contributed by atoms with van der Waals surface area (Å²) in [6.07, 6.45) is 2.16. The van der Waals surface area contributed by atoms with Gasteiger partial charge in [0, 0.05) is 48.5 Å². The SMILES string of the molecule is CC1(C)CN(c2ccc(Cl)c(F)c2)c2ccc(C(=O)N3CC[C@@H](c4ccccn4)C(C(=O)O)C3)nc21. The minimum atomic E-state index is -0.947. The lowest BCUT2D eigenvalue weighted by atomic mass is 9.82. The second-order valence-corrected chi connectivity index (χ2v) is 10.4. The van der Waals surface area contributed by atoms with Crippen LogP contribution in [0.2, 0.25) is 5.02 Å². The summed E-state index contributed by atoms with van der Waals surface area (Å²) in [6, 6.07) is 13.6. The van der Waals surface area contributed by atoms with Gasteiger partial charge in [0.15, 0.2) is 0 Å². The van der Waals surface area contributed by atoms with Crippen LogP contribution in [0.5, 0.6) is 0 Å². The molecule has 1 aromatic carbocycles. The lowest BCUT2D eigenvalue weighted by Gasteiger charge is -2.36. The monoisotopic (exact) mass is 508 g/mol. The summed E-state index contributed by atoms with van der Waals surface area (Å²) in [5.74, 6) is -2.75. The molecule has 4 heterocycles. The quantitative estimate of drug-likeness (QED) is 0.532. The summed E-state index contributed by atoms with van der Waals surface area (Å²) in [6.45, 7) is 5.12. The molecule has 2 aliphatic rings. The Balaban J connectivity index is 1.41. The van der Waals surface area contributed by atoms with Crippen LogP contribution >= 0.6 is 11.6 Å². The molecule has 9 heteroatoms. The number of likely N-dealkylation sites (tertiary alicyclic amines) is 1. The molecule has 2 atom stereocenters. The zero-order valence-electron chi connectivity index (χ0n) is 20.0. The molecule has 1 unspecified atom stereocenters. The predicted molar refractivity (Wildman–Crippen MR) is 134 cm³/mol. The van der Waals surface area contributed by atoms with E-state index in [0.717, 1.165) is 17.1 Å². The van der Waals surface area contributed by atoms with E-state index in [4.69, 9.17) is 16.6 Å². The first kappa shape index (κ1) is 24.2. The first-order valence-electron chi connectivity index (χ1n) is 11.8. The van der Waals surface area contributed by atoms with Gasteiger partial charge in [0.05, 0.1) is 22.3 Å². The van der Waals surface area contributed by atoms with Crippen LogP contribution < -0.4 is 4.90 Å². The number of amides is 1.